The first-order valence-corrected chi connectivity index (χ1v) is 6.48. The highest BCUT2D eigenvalue weighted by Gasteiger charge is 2.32. The third-order valence-electron chi connectivity index (χ3n) is 3.56. The second-order valence-corrected chi connectivity index (χ2v) is 4.91. The van der Waals surface area contributed by atoms with Crippen molar-refractivity contribution in [1.29, 1.82) is 0 Å². The number of hydrogen-bond acceptors (Lipinski definition) is 4. The second-order valence-electron chi connectivity index (χ2n) is 4.91. The van der Waals surface area contributed by atoms with Crippen LogP contribution in [0.3, 0.4) is 0 Å². The number of amides is 1. The molecule has 2 aliphatic heterocycles. The number of nitrogens with two attached hydrogens (primary N) is 1. The molecule has 2 aliphatic rings. The minimum Gasteiger partial charge on any atom is -0.376 e. The highest BCUT2D eigenvalue weighted by Crippen LogP contribution is 2.20. The lowest BCUT2D eigenvalue weighted by atomic mass is 10.1. The number of carbonyl (C=O) groups is 1. The molecule has 2 saturated heterocycles. The first kappa shape index (κ1) is 12.8. The van der Waals surface area contributed by atoms with E-state index < -0.39 is 0 Å². The van der Waals surface area contributed by atoms with Gasteiger partial charge in [0.1, 0.15) is 6.10 Å². The summed E-state index contributed by atoms with van der Waals surface area (Å²) in [7, 11) is 0. The van der Waals surface area contributed by atoms with E-state index in [0.29, 0.717) is 6.54 Å². The summed E-state index contributed by atoms with van der Waals surface area (Å²) < 4.78 is 11.1. The van der Waals surface area contributed by atoms with E-state index in [1.54, 1.807) is 0 Å². The lowest BCUT2D eigenvalue weighted by Crippen LogP contribution is -2.45. The minimum absolute atomic E-state index is 0.0241. The summed E-state index contributed by atoms with van der Waals surface area (Å²) in [6, 6.07) is 0.0607. The van der Waals surface area contributed by atoms with Gasteiger partial charge in [-0.1, -0.05) is 0 Å². The Bertz CT molecular complexity index is 266. The average molecular weight is 242 g/mol. The number of nitrogens with one attached hydrogen (secondary N) is 1. The molecule has 5 heteroatoms. The van der Waals surface area contributed by atoms with Gasteiger partial charge in [-0.15, -0.1) is 0 Å². The Labute approximate surface area is 102 Å². The second kappa shape index (κ2) is 5.80. The van der Waals surface area contributed by atoms with Crippen molar-refractivity contribution >= 4 is 5.91 Å². The van der Waals surface area contributed by atoms with Gasteiger partial charge >= 0.3 is 0 Å². The summed E-state index contributed by atoms with van der Waals surface area (Å²) in [4.78, 5) is 11.9. The number of carbonyl (C=O) groups excluding carboxylic acids is 1. The van der Waals surface area contributed by atoms with Gasteiger partial charge in [0, 0.05) is 13.2 Å². The molecule has 98 valence electrons. The number of rotatable bonds is 4. The normalized spacial score (nSPS) is 34.8. The Morgan fingerprint density at radius 3 is 2.88 bits per heavy atom. The van der Waals surface area contributed by atoms with Gasteiger partial charge in [0.25, 0.3) is 0 Å². The summed E-state index contributed by atoms with van der Waals surface area (Å²) in [5.74, 6) is -0.0241. The van der Waals surface area contributed by atoms with Gasteiger partial charge in [0.2, 0.25) is 5.91 Å². The molecule has 4 atom stereocenters. The van der Waals surface area contributed by atoms with Crippen molar-refractivity contribution in [1.82, 2.24) is 5.32 Å². The number of hydrogen-bond donors (Lipinski definition) is 2. The quantitative estimate of drug-likeness (QED) is 0.737. The molecule has 0 aromatic carbocycles. The van der Waals surface area contributed by atoms with Crippen molar-refractivity contribution in [2.45, 2.75) is 57.0 Å². The molecule has 0 radical (unpaired) electrons. The van der Waals surface area contributed by atoms with E-state index in [2.05, 4.69) is 5.32 Å². The van der Waals surface area contributed by atoms with E-state index in [1.807, 2.05) is 6.92 Å². The zero-order valence-corrected chi connectivity index (χ0v) is 10.4. The maximum Gasteiger partial charge on any atom is 0.249 e. The minimum atomic E-state index is -0.326. The van der Waals surface area contributed by atoms with E-state index in [1.165, 1.54) is 0 Å². The Morgan fingerprint density at radius 1 is 1.47 bits per heavy atom. The third kappa shape index (κ3) is 3.18. The molecule has 0 spiro atoms. The van der Waals surface area contributed by atoms with Crippen LogP contribution in [0.5, 0.6) is 0 Å². The Kier molecular flexibility index (Phi) is 4.36. The number of ether oxygens (including phenoxy) is 2. The molecule has 0 aromatic heterocycles. The summed E-state index contributed by atoms with van der Waals surface area (Å²) >= 11 is 0. The molecular weight excluding hydrogens is 220 g/mol. The summed E-state index contributed by atoms with van der Waals surface area (Å²) in [6.45, 7) is 3.29. The van der Waals surface area contributed by atoms with Crippen LogP contribution in [0.25, 0.3) is 0 Å². The van der Waals surface area contributed by atoms with Crippen molar-refractivity contribution in [3.63, 3.8) is 0 Å². The molecule has 0 aromatic rings. The molecule has 1 amide bonds. The predicted octanol–water partition coefficient (Wildman–Crippen LogP) is 0.176. The van der Waals surface area contributed by atoms with Crippen LogP contribution in [-0.2, 0) is 14.3 Å². The van der Waals surface area contributed by atoms with Crippen LogP contribution in [0.15, 0.2) is 0 Å². The summed E-state index contributed by atoms with van der Waals surface area (Å²) in [5, 5.41) is 2.98. The SMILES string of the molecule is CC(NC(=O)[C@@H]1CC[C@H](CN)O1)C1CCCO1. The van der Waals surface area contributed by atoms with E-state index in [-0.39, 0.29) is 30.3 Å². The molecule has 0 saturated carbocycles. The van der Waals surface area contributed by atoms with Gasteiger partial charge in [-0.05, 0) is 32.6 Å². The smallest absolute Gasteiger partial charge is 0.249 e. The van der Waals surface area contributed by atoms with Gasteiger partial charge < -0.3 is 20.5 Å². The van der Waals surface area contributed by atoms with Gasteiger partial charge in [0.15, 0.2) is 0 Å². The van der Waals surface area contributed by atoms with Crippen LogP contribution in [0.1, 0.15) is 32.6 Å². The van der Waals surface area contributed by atoms with E-state index >= 15 is 0 Å². The van der Waals surface area contributed by atoms with Crippen molar-refractivity contribution in [2.24, 2.45) is 5.73 Å². The van der Waals surface area contributed by atoms with E-state index in [0.717, 1.165) is 32.3 Å². The fourth-order valence-corrected chi connectivity index (χ4v) is 2.48. The van der Waals surface area contributed by atoms with Gasteiger partial charge in [-0.2, -0.15) is 0 Å². The predicted molar refractivity (Wildman–Crippen MR) is 63.5 cm³/mol. The molecule has 2 unspecified atom stereocenters. The highest BCUT2D eigenvalue weighted by atomic mass is 16.5. The topological polar surface area (TPSA) is 73.6 Å². The molecule has 2 rings (SSSR count). The molecule has 2 fully saturated rings. The monoisotopic (exact) mass is 242 g/mol. The van der Waals surface area contributed by atoms with Crippen molar-refractivity contribution in [3.8, 4) is 0 Å². The van der Waals surface area contributed by atoms with Gasteiger partial charge in [-0.3, -0.25) is 4.79 Å². The molecule has 0 aliphatic carbocycles. The zero-order chi connectivity index (χ0) is 12.3. The summed E-state index contributed by atoms with van der Waals surface area (Å²) in [6.07, 6.45) is 3.63. The maximum atomic E-state index is 11.9. The maximum absolute atomic E-state index is 11.9. The first-order chi connectivity index (χ1) is 8.20. The van der Waals surface area contributed by atoms with Crippen LogP contribution >= 0.6 is 0 Å². The Hall–Kier alpha value is -0.650. The fraction of sp³-hybridized carbons (Fsp3) is 0.917. The van der Waals surface area contributed by atoms with Crippen molar-refractivity contribution < 1.29 is 14.3 Å². The lowest BCUT2D eigenvalue weighted by Gasteiger charge is -2.22. The largest absolute Gasteiger partial charge is 0.376 e. The molecule has 3 N–H and O–H groups in total. The first-order valence-electron chi connectivity index (χ1n) is 6.48. The molecule has 2 heterocycles. The summed E-state index contributed by atoms with van der Waals surface area (Å²) in [5.41, 5.74) is 5.52. The lowest BCUT2D eigenvalue weighted by molar-refractivity contribution is -0.133. The Balaban J connectivity index is 1.76. The van der Waals surface area contributed by atoms with E-state index in [4.69, 9.17) is 15.2 Å². The van der Waals surface area contributed by atoms with Crippen molar-refractivity contribution in [2.75, 3.05) is 13.2 Å². The Morgan fingerprint density at radius 2 is 2.29 bits per heavy atom. The standard InChI is InChI=1S/C12H22N2O3/c1-8(10-3-2-6-16-10)14-12(15)11-5-4-9(7-13)17-11/h8-11H,2-7,13H2,1H3,(H,14,15)/t8?,9-,10?,11+/m1/s1. The van der Waals surface area contributed by atoms with Crippen LogP contribution in [-0.4, -0.2) is 43.4 Å². The van der Waals surface area contributed by atoms with Crippen LogP contribution in [0.2, 0.25) is 0 Å². The molecule has 5 nitrogen and oxygen atoms in total. The highest BCUT2D eigenvalue weighted by molar-refractivity contribution is 5.81. The van der Waals surface area contributed by atoms with Gasteiger partial charge in [-0.25, -0.2) is 0 Å². The molecule has 17 heavy (non-hydrogen) atoms. The average Bonchev–Trinajstić information content (AvgIpc) is 3.00. The van der Waals surface area contributed by atoms with Crippen LogP contribution in [0.4, 0.5) is 0 Å². The third-order valence-corrected chi connectivity index (χ3v) is 3.56. The fourth-order valence-electron chi connectivity index (χ4n) is 2.48. The van der Waals surface area contributed by atoms with Crippen molar-refractivity contribution in [3.05, 3.63) is 0 Å². The van der Waals surface area contributed by atoms with E-state index in [9.17, 15) is 4.79 Å². The van der Waals surface area contributed by atoms with Crippen LogP contribution < -0.4 is 11.1 Å². The van der Waals surface area contributed by atoms with Crippen LogP contribution in [0, 0.1) is 0 Å². The van der Waals surface area contributed by atoms with Gasteiger partial charge in [0.05, 0.1) is 18.2 Å². The molecule has 0 bridgehead atoms. The zero-order valence-electron chi connectivity index (χ0n) is 10.4. The molecular formula is C12H22N2O3.